The van der Waals surface area contributed by atoms with Gasteiger partial charge < -0.3 is 5.73 Å². The molecule has 0 bridgehead atoms. The average Bonchev–Trinajstić information content (AvgIpc) is 2.12. The molecule has 1 rings (SSSR count). The van der Waals surface area contributed by atoms with Crippen molar-refractivity contribution < 1.29 is 0 Å². The van der Waals surface area contributed by atoms with Crippen molar-refractivity contribution in [2.75, 3.05) is 5.73 Å². The monoisotopic (exact) mass is 231 g/mol. The number of anilines is 1. The molecule has 0 aliphatic heterocycles. The molecule has 2 N–H and O–H groups in total. The lowest BCUT2D eigenvalue weighted by atomic mass is 10.2. The van der Waals surface area contributed by atoms with E-state index < -0.39 is 0 Å². The fourth-order valence-electron chi connectivity index (χ4n) is 0.761. The third-order valence-corrected chi connectivity index (χ3v) is 3.95. The number of aromatic nitrogens is 2. The first-order valence-electron chi connectivity index (χ1n) is 4.45. The first kappa shape index (κ1) is 11.6. The normalized spacial score (nSPS) is 13.2. The zero-order chi connectivity index (χ0) is 10.7. The highest BCUT2D eigenvalue weighted by atomic mass is 35.5. The molecule has 0 amide bonds. The van der Waals surface area contributed by atoms with Crippen molar-refractivity contribution in [3.05, 3.63) is 11.3 Å². The lowest BCUT2D eigenvalue weighted by Crippen LogP contribution is -2.06. The maximum atomic E-state index is 5.97. The molecule has 0 saturated heterocycles. The van der Waals surface area contributed by atoms with E-state index in [4.69, 9.17) is 17.3 Å². The molecule has 14 heavy (non-hydrogen) atoms. The Hall–Kier alpha value is -0.480. The number of hydrogen-bond donors (Lipinski definition) is 1. The molecule has 0 aliphatic carbocycles. The molecule has 3 nitrogen and oxygen atoms in total. The summed E-state index contributed by atoms with van der Waals surface area (Å²) < 4.78 is 0. The van der Waals surface area contributed by atoms with Crippen LogP contribution in [0, 0.1) is 5.92 Å². The van der Waals surface area contributed by atoms with Gasteiger partial charge in [-0.15, -0.1) is 11.8 Å². The van der Waals surface area contributed by atoms with Gasteiger partial charge in [0.2, 0.25) is 0 Å². The summed E-state index contributed by atoms with van der Waals surface area (Å²) in [6.07, 6.45) is 1.44. The number of nitrogens with zero attached hydrogens (tertiary/aromatic N) is 2. The van der Waals surface area contributed by atoms with Gasteiger partial charge in [-0.3, -0.25) is 0 Å². The van der Waals surface area contributed by atoms with E-state index in [0.717, 1.165) is 5.03 Å². The van der Waals surface area contributed by atoms with Crippen LogP contribution < -0.4 is 5.73 Å². The lowest BCUT2D eigenvalue weighted by Gasteiger charge is -2.14. The van der Waals surface area contributed by atoms with Gasteiger partial charge in [-0.2, -0.15) is 0 Å². The van der Waals surface area contributed by atoms with Crippen LogP contribution in [0.1, 0.15) is 20.8 Å². The number of rotatable bonds is 3. The van der Waals surface area contributed by atoms with Gasteiger partial charge in [0.05, 0.1) is 0 Å². The molecular formula is C9H14ClN3S. The van der Waals surface area contributed by atoms with Gasteiger partial charge in [-0.05, 0) is 5.92 Å². The zero-order valence-electron chi connectivity index (χ0n) is 8.49. The van der Waals surface area contributed by atoms with Crippen molar-refractivity contribution >= 4 is 29.2 Å². The summed E-state index contributed by atoms with van der Waals surface area (Å²) in [5, 5.41) is 1.69. The second-order valence-electron chi connectivity index (χ2n) is 3.45. The van der Waals surface area contributed by atoms with E-state index in [2.05, 4.69) is 30.7 Å². The molecule has 0 aromatic carbocycles. The van der Waals surface area contributed by atoms with Crippen LogP contribution in [0.3, 0.4) is 0 Å². The molecule has 1 atom stereocenters. The van der Waals surface area contributed by atoms with Gasteiger partial charge in [-0.1, -0.05) is 32.4 Å². The van der Waals surface area contributed by atoms with Crippen molar-refractivity contribution in [2.24, 2.45) is 5.92 Å². The Balaban J connectivity index is 2.82. The van der Waals surface area contributed by atoms with E-state index in [1.807, 2.05) is 0 Å². The Kier molecular flexibility index (Phi) is 4.01. The Labute approximate surface area is 93.5 Å². The molecule has 1 aromatic rings. The Morgan fingerprint density at radius 1 is 1.36 bits per heavy atom. The van der Waals surface area contributed by atoms with Gasteiger partial charge in [0.15, 0.2) is 0 Å². The Bertz CT molecular complexity index is 317. The van der Waals surface area contributed by atoms with Crippen LogP contribution in [0.15, 0.2) is 11.4 Å². The molecule has 1 heterocycles. The summed E-state index contributed by atoms with van der Waals surface area (Å²) in [5.74, 6) is 0.923. The molecule has 1 aromatic heterocycles. The van der Waals surface area contributed by atoms with Gasteiger partial charge in [0.25, 0.3) is 0 Å². The van der Waals surface area contributed by atoms with E-state index in [0.29, 0.717) is 22.0 Å². The van der Waals surface area contributed by atoms with Crippen LogP contribution in [0.25, 0.3) is 0 Å². The number of halogens is 1. The molecule has 78 valence electrons. The summed E-state index contributed by atoms with van der Waals surface area (Å²) in [4.78, 5) is 7.91. The first-order chi connectivity index (χ1) is 6.52. The summed E-state index contributed by atoms with van der Waals surface area (Å²) in [6.45, 7) is 6.47. The lowest BCUT2D eigenvalue weighted by molar-refractivity contribution is 0.641. The first-order valence-corrected chi connectivity index (χ1v) is 5.70. The zero-order valence-corrected chi connectivity index (χ0v) is 10.1. The number of nitrogens with two attached hydrogens (primary N) is 1. The Morgan fingerprint density at radius 2 is 2.00 bits per heavy atom. The van der Waals surface area contributed by atoms with Crippen molar-refractivity contribution in [1.82, 2.24) is 9.97 Å². The maximum absolute atomic E-state index is 5.97. The fraction of sp³-hybridized carbons (Fsp3) is 0.556. The van der Waals surface area contributed by atoms with Gasteiger partial charge >= 0.3 is 0 Å². The van der Waals surface area contributed by atoms with E-state index in [1.54, 1.807) is 11.8 Å². The number of hydrogen-bond acceptors (Lipinski definition) is 4. The van der Waals surface area contributed by atoms with E-state index >= 15 is 0 Å². The third kappa shape index (κ3) is 2.75. The largest absolute Gasteiger partial charge is 0.382 e. The molecule has 0 aliphatic rings. The highest BCUT2D eigenvalue weighted by Crippen LogP contribution is 2.33. The number of nitrogen functional groups attached to an aromatic ring is 1. The van der Waals surface area contributed by atoms with Crippen molar-refractivity contribution in [2.45, 2.75) is 31.0 Å². The summed E-state index contributed by atoms with van der Waals surface area (Å²) in [7, 11) is 0. The highest BCUT2D eigenvalue weighted by Gasteiger charge is 2.13. The SMILES string of the molecule is CC(C)C(C)Sc1ncnc(N)c1Cl. The minimum absolute atomic E-state index is 0.347. The van der Waals surface area contributed by atoms with Crippen LogP contribution >= 0.6 is 23.4 Å². The van der Waals surface area contributed by atoms with E-state index in [-0.39, 0.29) is 0 Å². The Morgan fingerprint density at radius 3 is 2.57 bits per heavy atom. The van der Waals surface area contributed by atoms with E-state index in [9.17, 15) is 0 Å². The maximum Gasteiger partial charge on any atom is 0.146 e. The van der Waals surface area contributed by atoms with Crippen LogP contribution in [-0.2, 0) is 0 Å². The summed E-state index contributed by atoms with van der Waals surface area (Å²) in [5.41, 5.74) is 5.58. The molecule has 1 unspecified atom stereocenters. The fourth-order valence-corrected chi connectivity index (χ4v) is 1.93. The average molecular weight is 232 g/mol. The molecule has 0 radical (unpaired) electrons. The van der Waals surface area contributed by atoms with Gasteiger partial charge in [0, 0.05) is 5.25 Å². The molecule has 5 heteroatoms. The van der Waals surface area contributed by atoms with E-state index in [1.165, 1.54) is 6.33 Å². The van der Waals surface area contributed by atoms with Crippen LogP contribution in [0.5, 0.6) is 0 Å². The smallest absolute Gasteiger partial charge is 0.146 e. The molecular weight excluding hydrogens is 218 g/mol. The van der Waals surface area contributed by atoms with Gasteiger partial charge in [-0.25, -0.2) is 9.97 Å². The highest BCUT2D eigenvalue weighted by molar-refractivity contribution is 8.00. The molecule has 0 saturated carbocycles. The minimum Gasteiger partial charge on any atom is -0.382 e. The number of thioether (sulfide) groups is 1. The minimum atomic E-state index is 0.347. The topological polar surface area (TPSA) is 51.8 Å². The predicted molar refractivity (Wildman–Crippen MR) is 61.6 cm³/mol. The summed E-state index contributed by atoms with van der Waals surface area (Å²) >= 11 is 7.60. The van der Waals surface area contributed by atoms with Gasteiger partial charge in [0.1, 0.15) is 22.2 Å². The predicted octanol–water partition coefficient (Wildman–Crippen LogP) is 2.85. The second-order valence-corrected chi connectivity index (χ2v) is 5.19. The second kappa shape index (κ2) is 4.84. The van der Waals surface area contributed by atoms with Crippen molar-refractivity contribution in [3.63, 3.8) is 0 Å². The van der Waals surface area contributed by atoms with Crippen molar-refractivity contribution in [3.8, 4) is 0 Å². The molecule has 0 fully saturated rings. The summed E-state index contributed by atoms with van der Waals surface area (Å²) in [6, 6.07) is 0. The quantitative estimate of drug-likeness (QED) is 0.642. The van der Waals surface area contributed by atoms with Crippen LogP contribution in [0.2, 0.25) is 5.02 Å². The van der Waals surface area contributed by atoms with Crippen LogP contribution in [-0.4, -0.2) is 15.2 Å². The van der Waals surface area contributed by atoms with Crippen molar-refractivity contribution in [1.29, 1.82) is 0 Å². The standard InChI is InChI=1S/C9H14ClN3S/c1-5(2)6(3)14-9-7(10)8(11)12-4-13-9/h4-6H,1-3H3,(H2,11,12,13). The third-order valence-electron chi connectivity index (χ3n) is 2.02. The molecule has 0 spiro atoms. The van der Waals surface area contributed by atoms with Crippen LogP contribution in [0.4, 0.5) is 5.82 Å².